The molecule has 21 heavy (non-hydrogen) atoms. The molecule has 0 spiro atoms. The Morgan fingerprint density at radius 2 is 1.81 bits per heavy atom. The lowest BCUT2D eigenvalue weighted by Crippen LogP contribution is -2.55. The lowest BCUT2D eigenvalue weighted by atomic mass is 10.1. The molecular formula is C15H24N2O3S. The molecule has 118 valence electrons. The van der Waals surface area contributed by atoms with E-state index in [1.807, 2.05) is 46.9 Å². The first kappa shape index (κ1) is 16.3. The van der Waals surface area contributed by atoms with Crippen LogP contribution in [0.3, 0.4) is 0 Å². The van der Waals surface area contributed by atoms with E-state index in [4.69, 9.17) is 4.74 Å². The van der Waals surface area contributed by atoms with E-state index in [2.05, 4.69) is 5.32 Å². The van der Waals surface area contributed by atoms with E-state index in [0.717, 1.165) is 16.8 Å². The summed E-state index contributed by atoms with van der Waals surface area (Å²) >= 11 is 0. The fourth-order valence-electron chi connectivity index (χ4n) is 2.90. The van der Waals surface area contributed by atoms with Gasteiger partial charge in [0.2, 0.25) is 10.0 Å². The van der Waals surface area contributed by atoms with Gasteiger partial charge in [-0.05, 0) is 51.0 Å². The Labute approximate surface area is 127 Å². The first-order chi connectivity index (χ1) is 9.70. The first-order valence-electron chi connectivity index (χ1n) is 7.10. The standard InChI is InChI=1S/C15H24N2O3S/c1-11-8-13(16-5)9-12(2)14(11)21(18,19)17-6-7-20-10-15(17,3)4/h8-9,16H,6-7,10H2,1-5H3. The Balaban J connectivity index is 2.54. The Morgan fingerprint density at radius 3 is 2.29 bits per heavy atom. The molecule has 1 aliphatic rings. The average molecular weight is 312 g/mol. The van der Waals surface area contributed by atoms with E-state index in [1.165, 1.54) is 0 Å². The SMILES string of the molecule is CNc1cc(C)c(S(=O)(=O)N2CCOCC2(C)C)c(C)c1. The number of rotatable bonds is 3. The fourth-order valence-corrected chi connectivity index (χ4v) is 5.07. The number of aryl methyl sites for hydroxylation is 2. The molecule has 0 amide bonds. The lowest BCUT2D eigenvalue weighted by molar-refractivity contribution is -0.00773. The summed E-state index contributed by atoms with van der Waals surface area (Å²) in [5.41, 5.74) is 1.92. The molecule has 1 aromatic rings. The summed E-state index contributed by atoms with van der Waals surface area (Å²) in [6.45, 7) is 8.73. The number of sulfonamides is 1. The van der Waals surface area contributed by atoms with Crippen molar-refractivity contribution in [2.45, 2.75) is 38.1 Å². The fraction of sp³-hybridized carbons (Fsp3) is 0.600. The molecule has 6 heteroatoms. The van der Waals surface area contributed by atoms with Crippen molar-refractivity contribution < 1.29 is 13.2 Å². The Kier molecular flexibility index (Phi) is 4.33. The van der Waals surface area contributed by atoms with E-state index in [0.29, 0.717) is 24.7 Å². The summed E-state index contributed by atoms with van der Waals surface area (Å²) in [5.74, 6) is 0. The van der Waals surface area contributed by atoms with Crippen molar-refractivity contribution in [3.05, 3.63) is 23.3 Å². The van der Waals surface area contributed by atoms with Crippen LogP contribution in [-0.2, 0) is 14.8 Å². The summed E-state index contributed by atoms with van der Waals surface area (Å²) in [5, 5.41) is 3.05. The number of nitrogens with one attached hydrogen (secondary N) is 1. The highest BCUT2D eigenvalue weighted by Crippen LogP contribution is 2.32. The predicted octanol–water partition coefficient (Wildman–Crippen LogP) is 2.14. The van der Waals surface area contributed by atoms with E-state index in [9.17, 15) is 8.42 Å². The molecule has 1 aliphatic heterocycles. The molecule has 1 heterocycles. The Bertz CT molecular complexity index is 615. The molecular weight excluding hydrogens is 288 g/mol. The number of morpholine rings is 1. The second-order valence-electron chi connectivity index (χ2n) is 6.13. The van der Waals surface area contributed by atoms with Crippen molar-refractivity contribution in [1.82, 2.24) is 4.31 Å². The third-order valence-corrected chi connectivity index (χ3v) is 6.28. The lowest BCUT2D eigenvalue weighted by Gasteiger charge is -2.41. The topological polar surface area (TPSA) is 58.6 Å². The maximum absolute atomic E-state index is 13.1. The van der Waals surface area contributed by atoms with Crippen molar-refractivity contribution in [1.29, 1.82) is 0 Å². The second-order valence-corrected chi connectivity index (χ2v) is 7.93. The minimum absolute atomic E-state index is 0.391. The van der Waals surface area contributed by atoms with E-state index in [1.54, 1.807) is 4.31 Å². The van der Waals surface area contributed by atoms with Crippen LogP contribution in [0.1, 0.15) is 25.0 Å². The number of nitrogens with zero attached hydrogens (tertiary/aromatic N) is 1. The highest BCUT2D eigenvalue weighted by Gasteiger charge is 2.40. The molecule has 5 nitrogen and oxygen atoms in total. The molecule has 0 saturated carbocycles. The van der Waals surface area contributed by atoms with Crippen LogP contribution in [0.5, 0.6) is 0 Å². The van der Waals surface area contributed by atoms with Gasteiger partial charge >= 0.3 is 0 Å². The van der Waals surface area contributed by atoms with Crippen LogP contribution in [0.4, 0.5) is 5.69 Å². The van der Waals surface area contributed by atoms with Crippen LogP contribution in [-0.4, -0.2) is 45.1 Å². The molecule has 0 bridgehead atoms. The van der Waals surface area contributed by atoms with Crippen LogP contribution in [0, 0.1) is 13.8 Å². The van der Waals surface area contributed by atoms with Gasteiger partial charge in [0, 0.05) is 19.3 Å². The zero-order valence-corrected chi connectivity index (χ0v) is 14.2. The van der Waals surface area contributed by atoms with Gasteiger partial charge in [-0.15, -0.1) is 0 Å². The number of anilines is 1. The number of ether oxygens (including phenoxy) is 1. The van der Waals surface area contributed by atoms with Crippen LogP contribution in [0.15, 0.2) is 17.0 Å². The summed E-state index contributed by atoms with van der Waals surface area (Å²) in [4.78, 5) is 0.413. The smallest absolute Gasteiger partial charge is 0.244 e. The van der Waals surface area contributed by atoms with Gasteiger partial charge in [-0.25, -0.2) is 8.42 Å². The van der Waals surface area contributed by atoms with Gasteiger partial charge in [-0.1, -0.05) is 0 Å². The van der Waals surface area contributed by atoms with Crippen LogP contribution >= 0.6 is 0 Å². The molecule has 1 saturated heterocycles. The highest BCUT2D eigenvalue weighted by molar-refractivity contribution is 7.89. The van der Waals surface area contributed by atoms with Crippen LogP contribution in [0.25, 0.3) is 0 Å². The number of hydrogen-bond donors (Lipinski definition) is 1. The maximum Gasteiger partial charge on any atom is 0.244 e. The van der Waals surface area contributed by atoms with Crippen LogP contribution < -0.4 is 5.32 Å². The summed E-state index contributed by atoms with van der Waals surface area (Å²) in [7, 11) is -1.70. The highest BCUT2D eigenvalue weighted by atomic mass is 32.2. The van der Waals surface area contributed by atoms with Crippen molar-refractivity contribution >= 4 is 15.7 Å². The van der Waals surface area contributed by atoms with Gasteiger partial charge in [0.1, 0.15) is 0 Å². The van der Waals surface area contributed by atoms with Gasteiger partial charge < -0.3 is 10.1 Å². The molecule has 0 atom stereocenters. The molecule has 1 fully saturated rings. The van der Waals surface area contributed by atoms with Crippen molar-refractivity contribution in [2.24, 2.45) is 0 Å². The van der Waals surface area contributed by atoms with Gasteiger partial charge in [0.25, 0.3) is 0 Å². The first-order valence-corrected chi connectivity index (χ1v) is 8.54. The predicted molar refractivity (Wildman–Crippen MR) is 84.3 cm³/mol. The van der Waals surface area contributed by atoms with Gasteiger partial charge in [0.05, 0.1) is 23.6 Å². The summed E-state index contributed by atoms with van der Waals surface area (Å²) < 4.78 is 33.2. The number of benzene rings is 1. The molecule has 2 rings (SSSR count). The maximum atomic E-state index is 13.1. The molecule has 0 radical (unpaired) electrons. The second kappa shape index (κ2) is 5.59. The normalized spacial score (nSPS) is 19.5. The van der Waals surface area contributed by atoms with Crippen molar-refractivity contribution in [2.75, 3.05) is 32.1 Å². The quantitative estimate of drug-likeness (QED) is 0.929. The number of hydrogen-bond acceptors (Lipinski definition) is 4. The molecule has 1 aromatic carbocycles. The van der Waals surface area contributed by atoms with Gasteiger partial charge in [0.15, 0.2) is 0 Å². The zero-order valence-electron chi connectivity index (χ0n) is 13.4. The van der Waals surface area contributed by atoms with Crippen molar-refractivity contribution in [3.8, 4) is 0 Å². The van der Waals surface area contributed by atoms with E-state index < -0.39 is 15.6 Å². The van der Waals surface area contributed by atoms with E-state index in [-0.39, 0.29) is 0 Å². The Morgan fingerprint density at radius 1 is 1.24 bits per heavy atom. The third kappa shape index (κ3) is 2.93. The van der Waals surface area contributed by atoms with Crippen molar-refractivity contribution in [3.63, 3.8) is 0 Å². The molecule has 0 aromatic heterocycles. The summed E-state index contributed by atoms with van der Waals surface area (Å²) in [6, 6.07) is 3.74. The molecule has 0 unspecified atom stereocenters. The summed E-state index contributed by atoms with van der Waals surface area (Å²) in [6.07, 6.45) is 0. The minimum atomic E-state index is -3.53. The minimum Gasteiger partial charge on any atom is -0.388 e. The zero-order chi connectivity index (χ0) is 15.8. The average Bonchev–Trinajstić information content (AvgIpc) is 2.36. The monoisotopic (exact) mass is 312 g/mol. The molecule has 0 aliphatic carbocycles. The van der Waals surface area contributed by atoms with Gasteiger partial charge in [-0.3, -0.25) is 0 Å². The van der Waals surface area contributed by atoms with Crippen LogP contribution in [0.2, 0.25) is 0 Å². The largest absolute Gasteiger partial charge is 0.388 e. The van der Waals surface area contributed by atoms with E-state index >= 15 is 0 Å². The van der Waals surface area contributed by atoms with Gasteiger partial charge in [-0.2, -0.15) is 4.31 Å². The third-order valence-electron chi connectivity index (χ3n) is 3.87. The Hall–Kier alpha value is -1.11. The molecule has 1 N–H and O–H groups in total.